The van der Waals surface area contributed by atoms with Gasteiger partial charge in [-0.3, -0.25) is 0 Å². The lowest BCUT2D eigenvalue weighted by atomic mass is 10.1. The molecular weight excluding hydrogens is 488 g/mol. The molecule has 0 radical (unpaired) electrons. The highest BCUT2D eigenvalue weighted by Crippen LogP contribution is 2.28. The number of aryl methyl sites for hydroxylation is 2. The summed E-state index contributed by atoms with van der Waals surface area (Å²) in [5.41, 5.74) is 4.26. The van der Waals surface area contributed by atoms with E-state index >= 15 is 0 Å². The van der Waals surface area contributed by atoms with Gasteiger partial charge in [0.25, 0.3) is 0 Å². The van der Waals surface area contributed by atoms with Gasteiger partial charge in [-0.2, -0.15) is 4.31 Å². The first kappa shape index (κ1) is 22.9. The Morgan fingerprint density at radius 1 is 0.906 bits per heavy atom. The molecule has 0 aliphatic carbocycles. The standard InChI is InChI=1S/C24H27BrN4O2S/c1-4-22-18(3)26-23(19-7-5-17(2)6-8-19)27-24(22)28-13-15-29(16-14-28)32(30,31)21-11-9-20(25)10-12-21/h5-12H,4,13-16H2,1-3H3. The molecule has 1 fully saturated rings. The summed E-state index contributed by atoms with van der Waals surface area (Å²) in [6.07, 6.45) is 0.826. The van der Waals surface area contributed by atoms with Gasteiger partial charge in [0.05, 0.1) is 4.90 Å². The van der Waals surface area contributed by atoms with E-state index in [1.165, 1.54) is 5.56 Å². The topological polar surface area (TPSA) is 66.4 Å². The van der Waals surface area contributed by atoms with Crippen LogP contribution in [0.4, 0.5) is 5.82 Å². The Kier molecular flexibility index (Phi) is 6.65. The van der Waals surface area contributed by atoms with Gasteiger partial charge in [0, 0.05) is 47.5 Å². The summed E-state index contributed by atoms with van der Waals surface area (Å²) >= 11 is 3.36. The fraction of sp³-hybridized carbons (Fsp3) is 0.333. The Bertz CT molecular complexity index is 1200. The van der Waals surface area contributed by atoms with Gasteiger partial charge in [0.15, 0.2) is 5.82 Å². The number of hydrogen-bond donors (Lipinski definition) is 0. The van der Waals surface area contributed by atoms with E-state index in [4.69, 9.17) is 9.97 Å². The number of rotatable bonds is 5. The zero-order valence-corrected chi connectivity index (χ0v) is 20.9. The van der Waals surface area contributed by atoms with Crippen molar-refractivity contribution in [3.8, 4) is 11.4 Å². The Labute approximate surface area is 198 Å². The second-order valence-corrected chi connectivity index (χ2v) is 10.9. The van der Waals surface area contributed by atoms with Crippen LogP contribution in [0.5, 0.6) is 0 Å². The molecule has 2 aromatic carbocycles. The fourth-order valence-electron chi connectivity index (χ4n) is 3.98. The third kappa shape index (κ3) is 4.58. The van der Waals surface area contributed by atoms with Gasteiger partial charge in [-0.25, -0.2) is 18.4 Å². The van der Waals surface area contributed by atoms with E-state index in [1.54, 1.807) is 28.6 Å². The molecule has 0 N–H and O–H groups in total. The highest BCUT2D eigenvalue weighted by molar-refractivity contribution is 9.10. The summed E-state index contributed by atoms with van der Waals surface area (Å²) in [6, 6.07) is 15.0. The maximum absolute atomic E-state index is 13.1. The summed E-state index contributed by atoms with van der Waals surface area (Å²) in [5, 5.41) is 0. The van der Waals surface area contributed by atoms with E-state index in [2.05, 4.69) is 46.8 Å². The van der Waals surface area contributed by atoms with Gasteiger partial charge in [-0.05, 0) is 44.5 Å². The van der Waals surface area contributed by atoms with Crippen LogP contribution >= 0.6 is 15.9 Å². The number of benzene rings is 2. The van der Waals surface area contributed by atoms with Crippen LogP contribution in [-0.2, 0) is 16.4 Å². The van der Waals surface area contributed by atoms with Crippen molar-refractivity contribution in [3.05, 3.63) is 69.8 Å². The first-order chi connectivity index (χ1) is 15.3. The zero-order chi connectivity index (χ0) is 22.9. The minimum atomic E-state index is -3.51. The van der Waals surface area contributed by atoms with Crippen molar-refractivity contribution < 1.29 is 8.42 Å². The van der Waals surface area contributed by atoms with E-state index in [1.807, 2.05) is 19.1 Å². The first-order valence-electron chi connectivity index (χ1n) is 10.7. The molecule has 1 saturated heterocycles. The number of anilines is 1. The van der Waals surface area contributed by atoms with Crippen LogP contribution in [0.2, 0.25) is 0 Å². The molecule has 3 aromatic rings. The minimum Gasteiger partial charge on any atom is -0.354 e. The van der Waals surface area contributed by atoms with Crippen molar-refractivity contribution in [3.63, 3.8) is 0 Å². The number of sulfonamides is 1. The summed E-state index contributed by atoms with van der Waals surface area (Å²) in [4.78, 5) is 12.2. The lowest BCUT2D eigenvalue weighted by Crippen LogP contribution is -2.49. The van der Waals surface area contributed by atoms with Crippen LogP contribution in [0.3, 0.4) is 0 Å². The molecule has 0 spiro atoms. The number of nitrogens with zero attached hydrogens (tertiary/aromatic N) is 4. The summed E-state index contributed by atoms with van der Waals surface area (Å²) in [7, 11) is -3.51. The van der Waals surface area contributed by atoms with Crippen molar-refractivity contribution >= 4 is 31.8 Å². The smallest absolute Gasteiger partial charge is 0.243 e. The van der Waals surface area contributed by atoms with Gasteiger partial charge in [-0.1, -0.05) is 52.7 Å². The van der Waals surface area contributed by atoms with Gasteiger partial charge in [0.1, 0.15) is 5.82 Å². The van der Waals surface area contributed by atoms with E-state index in [0.29, 0.717) is 36.9 Å². The Morgan fingerprint density at radius 3 is 2.12 bits per heavy atom. The Morgan fingerprint density at radius 2 is 1.53 bits per heavy atom. The normalized spacial score (nSPS) is 15.2. The first-order valence-corrected chi connectivity index (χ1v) is 13.0. The van der Waals surface area contributed by atoms with Gasteiger partial charge in [-0.15, -0.1) is 0 Å². The second-order valence-electron chi connectivity index (χ2n) is 8.00. The molecule has 1 aliphatic heterocycles. The second kappa shape index (κ2) is 9.29. The number of piperazine rings is 1. The molecule has 4 rings (SSSR count). The Hall–Kier alpha value is -2.29. The zero-order valence-electron chi connectivity index (χ0n) is 18.5. The lowest BCUT2D eigenvalue weighted by molar-refractivity contribution is 0.383. The molecule has 0 unspecified atom stereocenters. The summed E-state index contributed by atoms with van der Waals surface area (Å²) in [5.74, 6) is 1.62. The molecule has 6 nitrogen and oxygen atoms in total. The minimum absolute atomic E-state index is 0.322. The van der Waals surface area contributed by atoms with Crippen molar-refractivity contribution in [1.82, 2.24) is 14.3 Å². The highest BCUT2D eigenvalue weighted by Gasteiger charge is 2.30. The van der Waals surface area contributed by atoms with Crippen LogP contribution in [0.1, 0.15) is 23.7 Å². The fourth-order valence-corrected chi connectivity index (χ4v) is 5.67. The van der Waals surface area contributed by atoms with Gasteiger partial charge in [0.2, 0.25) is 10.0 Å². The Balaban J connectivity index is 1.58. The van der Waals surface area contributed by atoms with E-state index in [9.17, 15) is 8.42 Å². The molecule has 1 aromatic heterocycles. The lowest BCUT2D eigenvalue weighted by Gasteiger charge is -2.35. The predicted octanol–water partition coefficient (Wildman–Crippen LogP) is 4.60. The maximum atomic E-state index is 13.1. The van der Waals surface area contributed by atoms with E-state index < -0.39 is 10.0 Å². The SMILES string of the molecule is CCc1c(C)nc(-c2ccc(C)cc2)nc1N1CCN(S(=O)(=O)c2ccc(Br)cc2)CC1. The van der Waals surface area contributed by atoms with Crippen LogP contribution in [0, 0.1) is 13.8 Å². The average molecular weight is 515 g/mol. The monoisotopic (exact) mass is 514 g/mol. The van der Waals surface area contributed by atoms with Crippen molar-refractivity contribution in [1.29, 1.82) is 0 Å². The number of hydrogen-bond acceptors (Lipinski definition) is 5. The molecule has 0 amide bonds. The number of halogens is 1. The van der Waals surface area contributed by atoms with Crippen LogP contribution < -0.4 is 4.90 Å². The molecule has 168 valence electrons. The van der Waals surface area contributed by atoms with Gasteiger partial charge < -0.3 is 4.90 Å². The molecule has 0 bridgehead atoms. The van der Waals surface area contributed by atoms with Crippen molar-refractivity contribution in [2.24, 2.45) is 0 Å². The molecule has 0 saturated carbocycles. The van der Waals surface area contributed by atoms with Crippen LogP contribution in [-0.4, -0.2) is 48.9 Å². The molecule has 8 heteroatoms. The van der Waals surface area contributed by atoms with E-state index in [0.717, 1.165) is 33.5 Å². The molecular formula is C24H27BrN4O2S. The highest BCUT2D eigenvalue weighted by atomic mass is 79.9. The summed E-state index contributed by atoms with van der Waals surface area (Å²) < 4.78 is 28.5. The number of aromatic nitrogens is 2. The van der Waals surface area contributed by atoms with Crippen LogP contribution in [0.15, 0.2) is 57.9 Å². The maximum Gasteiger partial charge on any atom is 0.243 e. The molecule has 1 aliphatic rings. The molecule has 0 atom stereocenters. The molecule has 32 heavy (non-hydrogen) atoms. The van der Waals surface area contributed by atoms with E-state index in [-0.39, 0.29) is 0 Å². The third-order valence-electron chi connectivity index (χ3n) is 5.84. The predicted molar refractivity (Wildman–Crippen MR) is 131 cm³/mol. The summed E-state index contributed by atoms with van der Waals surface area (Å²) in [6.45, 7) is 8.21. The average Bonchev–Trinajstić information content (AvgIpc) is 2.79. The third-order valence-corrected chi connectivity index (χ3v) is 8.29. The van der Waals surface area contributed by atoms with Crippen LogP contribution in [0.25, 0.3) is 11.4 Å². The van der Waals surface area contributed by atoms with Crippen molar-refractivity contribution in [2.45, 2.75) is 32.1 Å². The van der Waals surface area contributed by atoms with Gasteiger partial charge >= 0.3 is 0 Å². The largest absolute Gasteiger partial charge is 0.354 e. The molecule has 2 heterocycles. The quantitative estimate of drug-likeness (QED) is 0.497. The van der Waals surface area contributed by atoms with Crippen molar-refractivity contribution in [2.75, 3.05) is 31.1 Å².